The molecule has 30 heavy (non-hydrogen) atoms. The monoisotopic (exact) mass is 424 g/mol. The molecule has 0 aliphatic rings. The number of benzene rings is 2. The largest absolute Gasteiger partial charge is 0.330 e. The third-order valence-corrected chi connectivity index (χ3v) is 5.40. The van der Waals surface area contributed by atoms with Crippen LogP contribution in [0.25, 0.3) is 23.1 Å². The van der Waals surface area contributed by atoms with E-state index in [0.29, 0.717) is 22.4 Å². The fourth-order valence-corrected chi connectivity index (χ4v) is 3.50. The molecule has 0 aliphatic heterocycles. The average molecular weight is 424 g/mol. The second kappa shape index (κ2) is 8.46. The molecular formula is C20H17FN6O2S. The summed E-state index contributed by atoms with van der Waals surface area (Å²) in [6.45, 7) is 0. The van der Waals surface area contributed by atoms with Crippen LogP contribution >= 0.6 is 11.8 Å². The van der Waals surface area contributed by atoms with Crippen LogP contribution in [0.4, 0.5) is 10.1 Å². The summed E-state index contributed by atoms with van der Waals surface area (Å²) < 4.78 is 20.1. The van der Waals surface area contributed by atoms with Gasteiger partial charge in [0.1, 0.15) is 5.82 Å². The molecule has 0 N–H and O–H groups in total. The highest BCUT2D eigenvalue weighted by Gasteiger charge is 2.20. The van der Waals surface area contributed by atoms with E-state index in [-0.39, 0.29) is 23.4 Å². The van der Waals surface area contributed by atoms with Crippen molar-refractivity contribution in [3.63, 3.8) is 0 Å². The third kappa shape index (κ3) is 4.08. The second-order valence-electron chi connectivity index (χ2n) is 6.37. The number of anilines is 1. The molecule has 0 bridgehead atoms. The van der Waals surface area contributed by atoms with Gasteiger partial charge in [-0.05, 0) is 36.4 Å². The van der Waals surface area contributed by atoms with E-state index in [4.69, 9.17) is 4.52 Å². The average Bonchev–Trinajstić information content (AvgIpc) is 3.39. The summed E-state index contributed by atoms with van der Waals surface area (Å²) >= 11 is 1.27. The van der Waals surface area contributed by atoms with Crippen molar-refractivity contribution < 1.29 is 13.7 Å². The van der Waals surface area contributed by atoms with Gasteiger partial charge in [0.25, 0.3) is 5.89 Å². The minimum absolute atomic E-state index is 0.0628. The predicted molar refractivity (Wildman–Crippen MR) is 110 cm³/mol. The number of aromatic nitrogens is 5. The van der Waals surface area contributed by atoms with E-state index in [0.717, 1.165) is 5.69 Å². The Morgan fingerprint density at radius 2 is 1.87 bits per heavy atom. The first-order valence-electron chi connectivity index (χ1n) is 8.97. The number of amides is 1. The van der Waals surface area contributed by atoms with Crippen LogP contribution in [0.2, 0.25) is 0 Å². The minimum atomic E-state index is -0.343. The summed E-state index contributed by atoms with van der Waals surface area (Å²) in [5, 5.41) is 12.7. The molecule has 2 aromatic heterocycles. The molecule has 152 valence electrons. The van der Waals surface area contributed by atoms with Crippen molar-refractivity contribution in [2.75, 3.05) is 17.7 Å². The summed E-state index contributed by atoms with van der Waals surface area (Å²) in [5.74, 6) is 0.673. The zero-order valence-corrected chi connectivity index (χ0v) is 17.0. The van der Waals surface area contributed by atoms with Gasteiger partial charge in [-0.2, -0.15) is 4.98 Å². The number of para-hydroxylation sites is 1. The first-order chi connectivity index (χ1) is 14.5. The lowest BCUT2D eigenvalue weighted by Crippen LogP contribution is -2.27. The lowest BCUT2D eigenvalue weighted by atomic mass is 10.2. The maximum atomic E-state index is 13.1. The maximum Gasteiger partial charge on any atom is 0.296 e. The van der Waals surface area contributed by atoms with Crippen molar-refractivity contribution in [2.45, 2.75) is 5.16 Å². The van der Waals surface area contributed by atoms with Gasteiger partial charge >= 0.3 is 0 Å². The van der Waals surface area contributed by atoms with Crippen molar-refractivity contribution >= 4 is 23.4 Å². The molecule has 0 saturated heterocycles. The Kier molecular flexibility index (Phi) is 5.57. The van der Waals surface area contributed by atoms with Crippen molar-refractivity contribution in [3.05, 3.63) is 60.4 Å². The summed E-state index contributed by atoms with van der Waals surface area (Å²) in [6, 6.07) is 15.2. The van der Waals surface area contributed by atoms with Gasteiger partial charge in [-0.3, -0.25) is 4.79 Å². The van der Waals surface area contributed by atoms with Crippen LogP contribution < -0.4 is 4.90 Å². The molecule has 2 aromatic carbocycles. The molecule has 4 aromatic rings. The predicted octanol–water partition coefficient (Wildman–Crippen LogP) is 3.43. The first-order valence-corrected chi connectivity index (χ1v) is 9.95. The Balaban J connectivity index is 1.45. The number of halogens is 1. The van der Waals surface area contributed by atoms with Gasteiger partial charge in [0, 0.05) is 25.3 Å². The summed E-state index contributed by atoms with van der Waals surface area (Å²) in [4.78, 5) is 18.4. The Morgan fingerprint density at radius 1 is 1.13 bits per heavy atom. The fourth-order valence-electron chi connectivity index (χ4n) is 2.68. The molecule has 10 heteroatoms. The molecular weight excluding hydrogens is 407 g/mol. The highest BCUT2D eigenvalue weighted by Crippen LogP contribution is 2.25. The maximum absolute atomic E-state index is 13.1. The highest BCUT2D eigenvalue weighted by molar-refractivity contribution is 7.99. The van der Waals surface area contributed by atoms with E-state index in [2.05, 4.69) is 20.3 Å². The van der Waals surface area contributed by atoms with Crippen molar-refractivity contribution in [2.24, 2.45) is 7.05 Å². The molecule has 0 spiro atoms. The minimum Gasteiger partial charge on any atom is -0.330 e. The number of rotatable bonds is 6. The smallest absolute Gasteiger partial charge is 0.296 e. The van der Waals surface area contributed by atoms with E-state index in [1.807, 2.05) is 30.3 Å². The molecule has 0 unspecified atom stereocenters. The van der Waals surface area contributed by atoms with Crippen molar-refractivity contribution in [1.29, 1.82) is 0 Å². The lowest BCUT2D eigenvalue weighted by molar-refractivity contribution is -0.115. The normalized spacial score (nSPS) is 10.9. The van der Waals surface area contributed by atoms with Gasteiger partial charge in [-0.25, -0.2) is 4.39 Å². The number of hydrogen-bond acceptors (Lipinski definition) is 7. The SMILES string of the molecule is CN(C(=O)CSc1nnc(-c2nc(-c3ccc(F)cc3)no2)n1C)c1ccccc1. The number of carbonyl (C=O) groups excluding carboxylic acids is 1. The van der Waals surface area contributed by atoms with Crippen molar-refractivity contribution in [3.8, 4) is 23.1 Å². The number of hydrogen-bond donors (Lipinski definition) is 0. The van der Waals surface area contributed by atoms with Gasteiger partial charge in [0.05, 0.1) is 5.75 Å². The van der Waals surface area contributed by atoms with Gasteiger partial charge in [-0.1, -0.05) is 35.1 Å². The molecule has 8 nitrogen and oxygen atoms in total. The van der Waals surface area contributed by atoms with Crippen LogP contribution in [0.3, 0.4) is 0 Å². The number of nitrogens with zero attached hydrogens (tertiary/aromatic N) is 6. The van der Waals surface area contributed by atoms with Gasteiger partial charge in [-0.15, -0.1) is 10.2 Å². The van der Waals surface area contributed by atoms with Crippen LogP contribution in [0.15, 0.2) is 64.3 Å². The van der Waals surface area contributed by atoms with Gasteiger partial charge in [0.2, 0.25) is 17.6 Å². The van der Waals surface area contributed by atoms with Crippen molar-refractivity contribution in [1.82, 2.24) is 24.9 Å². The summed E-state index contributed by atoms with van der Waals surface area (Å²) in [7, 11) is 3.49. The topological polar surface area (TPSA) is 89.9 Å². The molecule has 0 aliphatic carbocycles. The van der Waals surface area contributed by atoms with Crippen LogP contribution in [0.1, 0.15) is 0 Å². The molecule has 1 amide bonds. The molecule has 0 saturated carbocycles. The quantitative estimate of drug-likeness (QED) is 0.438. The van der Waals surface area contributed by atoms with Crippen LogP contribution in [0, 0.1) is 5.82 Å². The molecule has 2 heterocycles. The third-order valence-electron chi connectivity index (χ3n) is 4.40. The lowest BCUT2D eigenvalue weighted by Gasteiger charge is -2.16. The van der Waals surface area contributed by atoms with E-state index in [1.165, 1.54) is 23.9 Å². The molecule has 0 fully saturated rings. The molecule has 0 radical (unpaired) electrons. The number of thioether (sulfide) groups is 1. The summed E-state index contributed by atoms with van der Waals surface area (Å²) in [6.07, 6.45) is 0. The van der Waals surface area contributed by atoms with E-state index >= 15 is 0 Å². The van der Waals surface area contributed by atoms with E-state index in [1.54, 1.807) is 35.7 Å². The zero-order chi connectivity index (χ0) is 21.1. The van der Waals surface area contributed by atoms with Crippen LogP contribution in [-0.2, 0) is 11.8 Å². The van der Waals surface area contributed by atoms with Crippen LogP contribution in [-0.4, -0.2) is 43.6 Å². The zero-order valence-electron chi connectivity index (χ0n) is 16.2. The van der Waals surface area contributed by atoms with Gasteiger partial charge in [0.15, 0.2) is 5.16 Å². The Hall–Kier alpha value is -3.53. The molecule has 0 atom stereocenters. The second-order valence-corrected chi connectivity index (χ2v) is 7.31. The Morgan fingerprint density at radius 3 is 2.60 bits per heavy atom. The van der Waals surface area contributed by atoms with Gasteiger partial charge < -0.3 is 14.0 Å². The number of carbonyl (C=O) groups is 1. The van der Waals surface area contributed by atoms with E-state index in [9.17, 15) is 9.18 Å². The Labute approximate surface area is 175 Å². The highest BCUT2D eigenvalue weighted by atomic mass is 32.2. The summed E-state index contributed by atoms with van der Waals surface area (Å²) in [5.41, 5.74) is 1.44. The standard InChI is InChI=1S/C20H17FN6O2S/c1-26(15-6-4-3-5-7-15)16(28)12-30-20-24-23-18(27(20)2)19-22-17(25-29-19)13-8-10-14(21)11-9-13/h3-11H,12H2,1-2H3. The Bertz CT molecular complexity index is 1160. The van der Waals surface area contributed by atoms with Crippen LogP contribution in [0.5, 0.6) is 0 Å². The fraction of sp³-hybridized carbons (Fsp3) is 0.150. The first kappa shape index (κ1) is 19.8. The molecule has 4 rings (SSSR count). The van der Waals surface area contributed by atoms with E-state index < -0.39 is 0 Å².